The Morgan fingerprint density at radius 1 is 1.44 bits per heavy atom. The van der Waals surface area contributed by atoms with E-state index in [-0.39, 0.29) is 5.91 Å². The molecule has 1 fully saturated rings. The molecule has 1 aliphatic rings. The van der Waals surface area contributed by atoms with Gasteiger partial charge in [-0.05, 0) is 56.1 Å². The zero-order valence-corrected chi connectivity index (χ0v) is 11.4. The van der Waals surface area contributed by atoms with Crippen LogP contribution < -0.4 is 10.2 Å². The number of hydrogen-bond donors (Lipinski definition) is 1. The van der Waals surface area contributed by atoms with Gasteiger partial charge < -0.3 is 10.2 Å². The lowest BCUT2D eigenvalue weighted by atomic mass is 9.95. The Morgan fingerprint density at radius 2 is 2.17 bits per heavy atom. The fourth-order valence-corrected chi connectivity index (χ4v) is 2.42. The topological polar surface area (TPSA) is 32.3 Å². The molecule has 0 bridgehead atoms. The van der Waals surface area contributed by atoms with E-state index in [0.717, 1.165) is 25.2 Å². The minimum absolute atomic E-state index is 0.172. The van der Waals surface area contributed by atoms with Gasteiger partial charge in [0.15, 0.2) is 0 Å². The quantitative estimate of drug-likeness (QED) is 0.912. The van der Waals surface area contributed by atoms with Crippen molar-refractivity contribution in [2.24, 2.45) is 5.92 Å². The summed E-state index contributed by atoms with van der Waals surface area (Å²) in [6.45, 7) is 2.04. The standard InChI is InChI=1S/C14H19ClN2O/c1-17(13-6-4-12(15)5-7-13)14(18)9-11-3-2-8-16-10-11/h4-7,11,16H,2-3,8-10H2,1H3. The molecule has 2 rings (SSSR count). The van der Waals surface area contributed by atoms with Gasteiger partial charge in [-0.3, -0.25) is 4.79 Å². The number of halogens is 1. The highest BCUT2D eigenvalue weighted by Gasteiger charge is 2.19. The monoisotopic (exact) mass is 266 g/mol. The van der Waals surface area contributed by atoms with Crippen LogP contribution in [0.1, 0.15) is 19.3 Å². The van der Waals surface area contributed by atoms with Crippen LogP contribution >= 0.6 is 11.6 Å². The van der Waals surface area contributed by atoms with Crippen LogP contribution in [0.5, 0.6) is 0 Å². The second-order valence-corrected chi connectivity index (χ2v) is 5.28. The molecule has 0 radical (unpaired) electrons. The summed E-state index contributed by atoms with van der Waals surface area (Å²) >= 11 is 5.84. The molecule has 0 aliphatic carbocycles. The van der Waals surface area contributed by atoms with E-state index in [0.29, 0.717) is 17.4 Å². The van der Waals surface area contributed by atoms with Gasteiger partial charge in [0.25, 0.3) is 0 Å². The van der Waals surface area contributed by atoms with Gasteiger partial charge in [-0.2, -0.15) is 0 Å². The number of hydrogen-bond acceptors (Lipinski definition) is 2. The summed E-state index contributed by atoms with van der Waals surface area (Å²) in [7, 11) is 1.82. The lowest BCUT2D eigenvalue weighted by Crippen LogP contribution is -2.35. The predicted octanol–water partition coefficient (Wildman–Crippen LogP) is 2.69. The number of anilines is 1. The maximum absolute atomic E-state index is 12.2. The van der Waals surface area contributed by atoms with Crippen molar-refractivity contribution in [3.8, 4) is 0 Å². The molecule has 0 aromatic heterocycles. The zero-order valence-electron chi connectivity index (χ0n) is 10.7. The third kappa shape index (κ3) is 3.47. The van der Waals surface area contributed by atoms with Crippen molar-refractivity contribution in [1.29, 1.82) is 0 Å². The Labute approximate surface area is 113 Å². The molecule has 1 atom stereocenters. The lowest BCUT2D eigenvalue weighted by molar-refractivity contribution is -0.119. The summed E-state index contributed by atoms with van der Waals surface area (Å²) in [5, 5.41) is 4.03. The highest BCUT2D eigenvalue weighted by Crippen LogP contribution is 2.20. The normalized spacial score (nSPS) is 19.6. The maximum Gasteiger partial charge on any atom is 0.227 e. The molecule has 1 aromatic rings. The third-order valence-corrected chi connectivity index (χ3v) is 3.70. The molecular weight excluding hydrogens is 248 g/mol. The summed E-state index contributed by atoms with van der Waals surface area (Å²) in [5.74, 6) is 0.645. The molecule has 98 valence electrons. The van der Waals surface area contributed by atoms with Gasteiger partial charge in [0, 0.05) is 24.2 Å². The number of benzene rings is 1. The fourth-order valence-electron chi connectivity index (χ4n) is 2.29. The van der Waals surface area contributed by atoms with E-state index < -0.39 is 0 Å². The molecule has 1 amide bonds. The summed E-state index contributed by atoms with van der Waals surface area (Å²) in [4.78, 5) is 13.9. The van der Waals surface area contributed by atoms with E-state index in [2.05, 4.69) is 5.32 Å². The molecular formula is C14H19ClN2O. The maximum atomic E-state index is 12.2. The average Bonchev–Trinajstić information content (AvgIpc) is 2.40. The molecule has 0 spiro atoms. The van der Waals surface area contributed by atoms with Crippen LogP contribution in [0.25, 0.3) is 0 Å². The molecule has 1 saturated heterocycles. The SMILES string of the molecule is CN(C(=O)CC1CCCNC1)c1ccc(Cl)cc1. The summed E-state index contributed by atoms with van der Waals surface area (Å²) in [6, 6.07) is 7.37. The molecule has 1 N–H and O–H groups in total. The van der Waals surface area contributed by atoms with Gasteiger partial charge in [-0.25, -0.2) is 0 Å². The van der Waals surface area contributed by atoms with Crippen LogP contribution in [-0.2, 0) is 4.79 Å². The number of nitrogens with zero attached hydrogens (tertiary/aromatic N) is 1. The molecule has 1 aliphatic heterocycles. The highest BCUT2D eigenvalue weighted by molar-refractivity contribution is 6.30. The largest absolute Gasteiger partial charge is 0.316 e. The second kappa shape index (κ2) is 6.21. The lowest BCUT2D eigenvalue weighted by Gasteiger charge is -2.25. The Morgan fingerprint density at radius 3 is 2.78 bits per heavy atom. The van der Waals surface area contributed by atoms with Crippen LogP contribution in [0.2, 0.25) is 5.02 Å². The number of carbonyl (C=O) groups is 1. The van der Waals surface area contributed by atoms with E-state index in [1.54, 1.807) is 4.90 Å². The summed E-state index contributed by atoms with van der Waals surface area (Å²) < 4.78 is 0. The van der Waals surface area contributed by atoms with Crippen molar-refractivity contribution >= 4 is 23.2 Å². The zero-order chi connectivity index (χ0) is 13.0. The van der Waals surface area contributed by atoms with E-state index >= 15 is 0 Å². The molecule has 3 nitrogen and oxygen atoms in total. The van der Waals surface area contributed by atoms with Gasteiger partial charge in [0.05, 0.1) is 0 Å². The molecule has 4 heteroatoms. The molecule has 1 unspecified atom stereocenters. The van der Waals surface area contributed by atoms with Gasteiger partial charge in [-0.15, -0.1) is 0 Å². The van der Waals surface area contributed by atoms with Gasteiger partial charge in [-0.1, -0.05) is 11.6 Å². The Balaban J connectivity index is 1.93. The first-order valence-electron chi connectivity index (χ1n) is 6.39. The van der Waals surface area contributed by atoms with Crippen LogP contribution in [0.4, 0.5) is 5.69 Å². The minimum Gasteiger partial charge on any atom is -0.316 e. The van der Waals surface area contributed by atoms with Gasteiger partial charge in [0.1, 0.15) is 0 Å². The predicted molar refractivity (Wildman–Crippen MR) is 75.1 cm³/mol. The highest BCUT2D eigenvalue weighted by atomic mass is 35.5. The second-order valence-electron chi connectivity index (χ2n) is 4.85. The van der Waals surface area contributed by atoms with Crippen LogP contribution in [0.15, 0.2) is 24.3 Å². The van der Waals surface area contributed by atoms with E-state index in [9.17, 15) is 4.79 Å². The molecule has 18 heavy (non-hydrogen) atoms. The average molecular weight is 267 g/mol. The third-order valence-electron chi connectivity index (χ3n) is 3.45. The Bertz CT molecular complexity index is 399. The first kappa shape index (κ1) is 13.4. The van der Waals surface area contributed by atoms with Crippen molar-refractivity contribution < 1.29 is 4.79 Å². The van der Waals surface area contributed by atoms with Crippen molar-refractivity contribution in [2.75, 3.05) is 25.0 Å². The number of nitrogens with one attached hydrogen (secondary N) is 1. The number of piperidine rings is 1. The number of amides is 1. The smallest absolute Gasteiger partial charge is 0.227 e. The van der Waals surface area contributed by atoms with Gasteiger partial charge >= 0.3 is 0 Å². The van der Waals surface area contributed by atoms with Crippen molar-refractivity contribution in [3.63, 3.8) is 0 Å². The Kier molecular flexibility index (Phi) is 4.61. The first-order chi connectivity index (χ1) is 8.66. The van der Waals surface area contributed by atoms with Crippen molar-refractivity contribution in [1.82, 2.24) is 5.32 Å². The van der Waals surface area contributed by atoms with Crippen LogP contribution in [0, 0.1) is 5.92 Å². The van der Waals surface area contributed by atoms with Crippen molar-refractivity contribution in [2.45, 2.75) is 19.3 Å². The minimum atomic E-state index is 0.172. The summed E-state index contributed by atoms with van der Waals surface area (Å²) in [5.41, 5.74) is 0.896. The van der Waals surface area contributed by atoms with Gasteiger partial charge in [0.2, 0.25) is 5.91 Å². The molecule has 0 saturated carbocycles. The number of rotatable bonds is 3. The molecule has 1 heterocycles. The van der Waals surface area contributed by atoms with E-state index in [4.69, 9.17) is 11.6 Å². The first-order valence-corrected chi connectivity index (χ1v) is 6.77. The number of carbonyl (C=O) groups excluding carboxylic acids is 1. The van der Waals surface area contributed by atoms with E-state index in [1.807, 2.05) is 31.3 Å². The molecule has 1 aromatic carbocycles. The van der Waals surface area contributed by atoms with E-state index in [1.165, 1.54) is 6.42 Å². The summed E-state index contributed by atoms with van der Waals surface area (Å²) in [6.07, 6.45) is 2.93. The van der Waals surface area contributed by atoms with Crippen LogP contribution in [0.3, 0.4) is 0 Å². The van der Waals surface area contributed by atoms with Crippen molar-refractivity contribution in [3.05, 3.63) is 29.3 Å². The fraction of sp³-hybridized carbons (Fsp3) is 0.500. The Hall–Kier alpha value is -1.06. The van der Waals surface area contributed by atoms with Crippen LogP contribution in [-0.4, -0.2) is 26.0 Å².